The van der Waals surface area contributed by atoms with Gasteiger partial charge in [0.05, 0.1) is 6.61 Å². The predicted molar refractivity (Wildman–Crippen MR) is 76.6 cm³/mol. The second-order valence-corrected chi connectivity index (χ2v) is 4.55. The van der Waals surface area contributed by atoms with E-state index >= 15 is 0 Å². The number of esters is 1. The SMILES string of the molecule is CCCCCCCC(=O)Oc1cccc(OCC)c1. The Hall–Kier alpha value is -1.51. The van der Waals surface area contributed by atoms with E-state index < -0.39 is 0 Å². The molecule has 1 aromatic rings. The molecule has 1 rings (SSSR count). The Balaban J connectivity index is 2.29. The molecule has 106 valence electrons. The van der Waals surface area contributed by atoms with E-state index in [9.17, 15) is 4.79 Å². The molecule has 0 N–H and O–H groups in total. The highest BCUT2D eigenvalue weighted by Crippen LogP contribution is 2.20. The number of carbonyl (C=O) groups is 1. The van der Waals surface area contributed by atoms with Crippen LogP contribution in [-0.4, -0.2) is 12.6 Å². The minimum absolute atomic E-state index is 0.162. The van der Waals surface area contributed by atoms with Crippen molar-refractivity contribution >= 4 is 5.97 Å². The van der Waals surface area contributed by atoms with Crippen molar-refractivity contribution < 1.29 is 14.3 Å². The van der Waals surface area contributed by atoms with Crippen molar-refractivity contribution in [3.05, 3.63) is 24.3 Å². The van der Waals surface area contributed by atoms with Crippen LogP contribution >= 0.6 is 0 Å². The fourth-order valence-electron chi connectivity index (χ4n) is 1.85. The molecule has 0 bridgehead atoms. The van der Waals surface area contributed by atoms with Crippen LogP contribution in [-0.2, 0) is 4.79 Å². The average Bonchev–Trinajstić information content (AvgIpc) is 2.39. The van der Waals surface area contributed by atoms with Crippen LogP contribution in [0.2, 0.25) is 0 Å². The van der Waals surface area contributed by atoms with Gasteiger partial charge in [0.2, 0.25) is 0 Å². The number of hydrogen-bond acceptors (Lipinski definition) is 3. The first-order chi connectivity index (χ1) is 9.26. The maximum absolute atomic E-state index is 11.7. The third-order valence-corrected chi connectivity index (χ3v) is 2.83. The monoisotopic (exact) mass is 264 g/mol. The lowest BCUT2D eigenvalue weighted by atomic mass is 10.1. The van der Waals surface area contributed by atoms with Gasteiger partial charge in [-0.3, -0.25) is 4.79 Å². The highest BCUT2D eigenvalue weighted by molar-refractivity contribution is 5.72. The fraction of sp³-hybridized carbons (Fsp3) is 0.562. The quantitative estimate of drug-likeness (QED) is 0.378. The standard InChI is InChI=1S/C16H24O3/c1-3-5-6-7-8-12-16(17)19-15-11-9-10-14(13-15)18-4-2/h9-11,13H,3-8,12H2,1-2H3. The summed E-state index contributed by atoms with van der Waals surface area (Å²) >= 11 is 0. The van der Waals surface area contributed by atoms with Crippen LogP contribution in [0.15, 0.2) is 24.3 Å². The van der Waals surface area contributed by atoms with E-state index in [-0.39, 0.29) is 5.97 Å². The smallest absolute Gasteiger partial charge is 0.311 e. The average molecular weight is 264 g/mol. The van der Waals surface area contributed by atoms with Gasteiger partial charge < -0.3 is 9.47 Å². The molecule has 0 atom stereocenters. The maximum atomic E-state index is 11.7. The Morgan fingerprint density at radius 3 is 2.53 bits per heavy atom. The van der Waals surface area contributed by atoms with E-state index in [2.05, 4.69) is 6.92 Å². The Morgan fingerprint density at radius 2 is 1.79 bits per heavy atom. The van der Waals surface area contributed by atoms with Gasteiger partial charge in [-0.2, -0.15) is 0 Å². The van der Waals surface area contributed by atoms with Crippen LogP contribution in [0.3, 0.4) is 0 Å². The third kappa shape index (κ3) is 6.85. The Morgan fingerprint density at radius 1 is 1.05 bits per heavy atom. The molecule has 1 aromatic carbocycles. The molecule has 0 fully saturated rings. The second-order valence-electron chi connectivity index (χ2n) is 4.55. The predicted octanol–water partition coefficient (Wildman–Crippen LogP) is 4.35. The summed E-state index contributed by atoms with van der Waals surface area (Å²) < 4.78 is 10.7. The molecule has 0 spiro atoms. The van der Waals surface area contributed by atoms with E-state index in [1.165, 1.54) is 19.3 Å². The summed E-state index contributed by atoms with van der Waals surface area (Å²) in [6, 6.07) is 7.20. The second kappa shape index (κ2) is 9.42. The Kier molecular flexibility index (Phi) is 7.71. The molecule has 3 nitrogen and oxygen atoms in total. The molecule has 0 saturated heterocycles. The van der Waals surface area contributed by atoms with Gasteiger partial charge in [-0.25, -0.2) is 0 Å². The zero-order valence-corrected chi connectivity index (χ0v) is 12.0. The van der Waals surface area contributed by atoms with Gasteiger partial charge >= 0.3 is 5.97 Å². The molecule has 0 unspecified atom stereocenters. The normalized spacial score (nSPS) is 10.2. The van der Waals surface area contributed by atoms with Crippen molar-refractivity contribution in [2.45, 2.75) is 52.4 Å². The van der Waals surface area contributed by atoms with E-state index in [1.54, 1.807) is 12.1 Å². The molecular formula is C16H24O3. The van der Waals surface area contributed by atoms with Crippen LogP contribution < -0.4 is 9.47 Å². The van der Waals surface area contributed by atoms with Crippen LogP contribution in [0.5, 0.6) is 11.5 Å². The number of carbonyl (C=O) groups excluding carboxylic acids is 1. The number of rotatable bonds is 9. The zero-order chi connectivity index (χ0) is 13.9. The first-order valence-electron chi connectivity index (χ1n) is 7.19. The van der Waals surface area contributed by atoms with Gasteiger partial charge in [-0.05, 0) is 25.5 Å². The first kappa shape index (κ1) is 15.5. The van der Waals surface area contributed by atoms with Gasteiger partial charge in [0.25, 0.3) is 0 Å². The topological polar surface area (TPSA) is 35.5 Å². The van der Waals surface area contributed by atoms with Gasteiger partial charge in [-0.15, -0.1) is 0 Å². The summed E-state index contributed by atoms with van der Waals surface area (Å²) in [6.07, 6.45) is 6.15. The number of hydrogen-bond donors (Lipinski definition) is 0. The highest BCUT2D eigenvalue weighted by atomic mass is 16.5. The van der Waals surface area contributed by atoms with Crippen LogP contribution in [0.1, 0.15) is 52.4 Å². The van der Waals surface area contributed by atoms with Crippen molar-refractivity contribution in [2.75, 3.05) is 6.61 Å². The van der Waals surface area contributed by atoms with E-state index in [1.807, 2.05) is 19.1 Å². The molecule has 0 amide bonds. The Labute approximate surface area is 115 Å². The molecule has 0 aliphatic heterocycles. The first-order valence-corrected chi connectivity index (χ1v) is 7.19. The molecule has 3 heteroatoms. The van der Waals surface area contributed by atoms with Crippen molar-refractivity contribution in [3.63, 3.8) is 0 Å². The number of benzene rings is 1. The lowest BCUT2D eigenvalue weighted by molar-refractivity contribution is -0.134. The summed E-state index contributed by atoms with van der Waals surface area (Å²) in [6.45, 7) is 4.71. The minimum Gasteiger partial charge on any atom is -0.494 e. The Bertz CT molecular complexity index is 374. The van der Waals surface area contributed by atoms with Gasteiger partial charge in [0, 0.05) is 12.5 Å². The maximum Gasteiger partial charge on any atom is 0.311 e. The van der Waals surface area contributed by atoms with Crippen molar-refractivity contribution in [3.8, 4) is 11.5 Å². The molecule has 0 radical (unpaired) electrons. The molecule has 0 saturated carbocycles. The van der Waals surface area contributed by atoms with Crippen LogP contribution in [0.25, 0.3) is 0 Å². The number of ether oxygens (including phenoxy) is 2. The summed E-state index contributed by atoms with van der Waals surface area (Å²) in [5, 5.41) is 0. The highest BCUT2D eigenvalue weighted by Gasteiger charge is 2.05. The lowest BCUT2D eigenvalue weighted by Crippen LogP contribution is -2.07. The van der Waals surface area contributed by atoms with Gasteiger partial charge in [-0.1, -0.05) is 38.7 Å². The van der Waals surface area contributed by atoms with Crippen molar-refractivity contribution in [1.29, 1.82) is 0 Å². The van der Waals surface area contributed by atoms with Crippen LogP contribution in [0.4, 0.5) is 0 Å². The third-order valence-electron chi connectivity index (χ3n) is 2.83. The molecule has 0 aromatic heterocycles. The summed E-state index contributed by atoms with van der Waals surface area (Å²) in [5.41, 5.74) is 0. The van der Waals surface area contributed by atoms with Crippen LogP contribution in [0, 0.1) is 0 Å². The number of unbranched alkanes of at least 4 members (excludes halogenated alkanes) is 4. The van der Waals surface area contributed by atoms with E-state index in [0.29, 0.717) is 18.8 Å². The van der Waals surface area contributed by atoms with Gasteiger partial charge in [0.15, 0.2) is 0 Å². The zero-order valence-electron chi connectivity index (χ0n) is 12.0. The minimum atomic E-state index is -0.162. The van der Waals surface area contributed by atoms with E-state index in [4.69, 9.17) is 9.47 Å². The summed E-state index contributed by atoms with van der Waals surface area (Å²) in [7, 11) is 0. The lowest BCUT2D eigenvalue weighted by Gasteiger charge is -2.07. The summed E-state index contributed by atoms with van der Waals surface area (Å²) in [5.74, 6) is 1.13. The summed E-state index contributed by atoms with van der Waals surface area (Å²) in [4.78, 5) is 11.7. The molecule has 0 heterocycles. The molecule has 19 heavy (non-hydrogen) atoms. The van der Waals surface area contributed by atoms with E-state index in [0.717, 1.165) is 18.6 Å². The van der Waals surface area contributed by atoms with Gasteiger partial charge in [0.1, 0.15) is 11.5 Å². The molecular weight excluding hydrogens is 240 g/mol. The molecule has 0 aliphatic rings. The fourth-order valence-corrected chi connectivity index (χ4v) is 1.85. The molecule has 0 aliphatic carbocycles. The van der Waals surface area contributed by atoms with Crippen molar-refractivity contribution in [1.82, 2.24) is 0 Å². The largest absolute Gasteiger partial charge is 0.494 e. The van der Waals surface area contributed by atoms with Crippen molar-refractivity contribution in [2.24, 2.45) is 0 Å².